The summed E-state index contributed by atoms with van der Waals surface area (Å²) in [5.74, 6) is 10.0. The first kappa shape index (κ1) is 101. The molecule has 21 heterocycles. The van der Waals surface area contributed by atoms with E-state index >= 15 is 0 Å². The summed E-state index contributed by atoms with van der Waals surface area (Å²) < 4.78 is 23.0. The van der Waals surface area contributed by atoms with Crippen molar-refractivity contribution < 1.29 is 9.53 Å². The molecule has 9 aliphatic rings. The summed E-state index contributed by atoms with van der Waals surface area (Å²) in [5.41, 5.74) is 28.8. The minimum absolute atomic E-state index is 0.0449. The Morgan fingerprint density at radius 3 is 1.17 bits per heavy atom. The number of nitrogens with zero attached hydrogens (tertiary/aromatic N) is 31. The molecule has 9 aliphatic heterocycles. The highest BCUT2D eigenvalue weighted by atomic mass is 16.5. The standard InChI is InChI=1S/C16H19N3O.C16H19N3.C15H17N3.C14H13N3O.C13H15N5.2C11H10N4.C10H15N3.C7H9N3/c1-16(2,3)13-10-19-14(18-13)9-17-15(19)11-7-5-6-8-12(11)20-4;1-11-6-5-7-12(8-11)15-17-9-14-18-13(10-19(14)15)16(2,3)4;1-15(2,3)12-10-18-13(17-12)9-16-14(18)11-7-5-4-6-8-11;1-9-14-7-13(16-17(14)8-15-9)12-6-4-3-5-11(12)10(2)18;1-13(2,3)11-8-18-12(16-11)6-9(17-18)10-7-14-4-5-15-10;2*1-8-11-6-10(14-15(11)7-13-8)9-4-2-3-5-12-9;1-7-11-5-9-12-8(6-13(7)9)10(2,3)4;1-5-3-7-6(2)8-4-10(7)9-5/h5-8,10H,9H2,1-4H3;5-8,10H,9H2,1-4H3;4-8,10H,9H2,1-3H3;3-6,8H,7H2,1-2H3;4-5,7-8H,6H2,1-3H3;2*2-5,7H,6H2,1H3;6H,5H2,1-4H3;4H,3H2,1-2H3. The van der Waals surface area contributed by atoms with E-state index in [4.69, 9.17) is 14.7 Å². The Morgan fingerprint density at radius 2 is 0.719 bits per heavy atom. The highest BCUT2D eigenvalue weighted by Crippen LogP contribution is 2.34. The molecule has 0 bridgehead atoms. The number of Topliss-reactive ketones (excluding diaryl/α,β-unsaturated/α-hetero) is 1. The molecule has 0 radical (unpaired) electrons. The molecule has 0 unspecified atom stereocenters. The topological polar surface area (TPSA) is 349 Å². The third-order valence-electron chi connectivity index (χ3n) is 25.5. The maximum atomic E-state index is 11.6. The van der Waals surface area contributed by atoms with Crippen molar-refractivity contribution in [2.24, 2.45) is 45.5 Å². The van der Waals surface area contributed by atoms with Crippen LogP contribution in [0.4, 0.5) is 0 Å². The molecule has 16 aromatic rings. The van der Waals surface area contributed by atoms with Crippen LogP contribution in [0.5, 0.6) is 5.75 Å². The number of fused-ring (bicyclic) bond motifs is 9. The molecule has 0 amide bonds. The lowest BCUT2D eigenvalue weighted by Crippen LogP contribution is -2.13. The highest BCUT2D eigenvalue weighted by molar-refractivity contribution is 6.12. The Hall–Kier alpha value is -16.4. The maximum Gasteiger partial charge on any atom is 0.160 e. The number of aliphatic imine (C=N–C) groups is 4. The van der Waals surface area contributed by atoms with Crippen molar-refractivity contribution >= 4 is 57.7 Å². The van der Waals surface area contributed by atoms with E-state index in [1.165, 1.54) is 17.0 Å². The third kappa shape index (κ3) is 22.8. The van der Waals surface area contributed by atoms with E-state index in [1.807, 2.05) is 170 Å². The molecule has 33 heteroatoms. The van der Waals surface area contributed by atoms with Gasteiger partial charge in [-0.05, 0) is 97.9 Å². The Morgan fingerprint density at radius 1 is 0.329 bits per heavy atom. The van der Waals surface area contributed by atoms with Crippen LogP contribution < -0.4 is 4.74 Å². The van der Waals surface area contributed by atoms with Crippen molar-refractivity contribution in [2.45, 2.75) is 245 Å². The van der Waals surface area contributed by atoms with E-state index in [2.05, 4.69) is 291 Å². The van der Waals surface area contributed by atoms with Crippen molar-refractivity contribution in [3.05, 3.63) is 380 Å². The second kappa shape index (κ2) is 41.9. The largest absolute Gasteiger partial charge is 0.496 e. The van der Waals surface area contributed by atoms with E-state index in [1.54, 1.807) is 75.0 Å². The van der Waals surface area contributed by atoms with Crippen molar-refractivity contribution in [2.75, 3.05) is 7.11 Å². The minimum Gasteiger partial charge on any atom is -0.496 e. The number of aromatic nitrogens is 22. The predicted molar refractivity (Wildman–Crippen MR) is 574 cm³/mol. The zero-order valence-corrected chi connectivity index (χ0v) is 87.9. The van der Waals surface area contributed by atoms with E-state index in [0.717, 1.165) is 233 Å². The monoisotopic (exact) mass is 1950 g/mol. The number of methoxy groups -OCH3 is 1. The SMILES string of the molecule is CC(=O)c1ccccc1C1=Nn2cnc(C)c2C1.CC(C)(C)c1cn2c(n1)CC(c1cnccn1)=N2.CC(C)(C)c1cn2c(n1)CN=C2c1ccccc1.CC1=NCc2nc(C(C)(C)C)cn21.CC1=Nn2cnc(C)c2C1.COc1ccccc1C1=NCc2nc(C(C)(C)C)cn21.Cc1cccc(C2=NCc3nc(C(C)(C)C)cn32)c1.Cc1ncn2c1CC(c1ccccn1)=N2.Cc1ncn2c1CC(c1ccccn1)=N2. The van der Waals surface area contributed by atoms with Crippen LogP contribution in [0, 0.1) is 34.6 Å². The van der Waals surface area contributed by atoms with Gasteiger partial charge in [0.2, 0.25) is 0 Å². The van der Waals surface area contributed by atoms with Crippen LogP contribution in [-0.2, 0) is 85.4 Å². The molecule has 25 rings (SSSR count). The zero-order valence-electron chi connectivity index (χ0n) is 87.9. The fourth-order valence-electron chi connectivity index (χ4n) is 17.0. The first-order valence-electron chi connectivity index (χ1n) is 49.2. The fourth-order valence-corrected chi connectivity index (χ4v) is 17.0. The summed E-state index contributed by atoms with van der Waals surface area (Å²) >= 11 is 0. The van der Waals surface area contributed by atoms with Gasteiger partial charge in [-0.15, -0.1) is 0 Å². The molecule has 0 spiro atoms. The molecule has 33 nitrogen and oxygen atoms in total. The molecule has 0 fully saturated rings. The molecule has 0 saturated heterocycles. The summed E-state index contributed by atoms with van der Waals surface area (Å²) in [6.45, 7) is 51.1. The first-order chi connectivity index (χ1) is 69.6. The second-order valence-corrected chi connectivity index (χ2v) is 42.0. The predicted octanol–water partition coefficient (Wildman–Crippen LogP) is 19.0. The Kier molecular flexibility index (Phi) is 29.0. The highest BCUT2D eigenvalue weighted by Gasteiger charge is 2.33. The van der Waals surface area contributed by atoms with E-state index < -0.39 is 0 Å². The molecule has 0 atom stereocenters. The molecule has 146 heavy (non-hydrogen) atoms. The van der Waals surface area contributed by atoms with E-state index in [0.29, 0.717) is 19.6 Å². The van der Waals surface area contributed by atoms with Crippen LogP contribution in [0.3, 0.4) is 0 Å². The number of ketones is 1. The summed E-state index contributed by atoms with van der Waals surface area (Å²) in [7, 11) is 1.68. The summed E-state index contributed by atoms with van der Waals surface area (Å²) in [5, 5.41) is 22.2. The normalized spacial score (nSPS) is 14.3. The average molecular weight is 1950 g/mol. The lowest BCUT2D eigenvalue weighted by atomic mass is 9.93. The Labute approximate surface area is 852 Å². The van der Waals surface area contributed by atoms with Gasteiger partial charge in [0, 0.05) is 130 Å². The van der Waals surface area contributed by atoms with Gasteiger partial charge >= 0.3 is 0 Å². The molecule has 0 aliphatic carbocycles. The van der Waals surface area contributed by atoms with Crippen LogP contribution in [0.25, 0.3) is 0 Å². The number of rotatable bonds is 9. The van der Waals surface area contributed by atoms with Gasteiger partial charge in [0.05, 0.1) is 166 Å². The van der Waals surface area contributed by atoms with Crippen molar-refractivity contribution in [1.82, 2.24) is 106 Å². The average Bonchev–Trinajstić information content (AvgIpc) is 1.63. The lowest BCUT2D eigenvalue weighted by molar-refractivity contribution is 0.101. The molecule has 4 aromatic carbocycles. The van der Waals surface area contributed by atoms with Gasteiger partial charge in [-0.3, -0.25) is 63.0 Å². The number of carbonyl (C=O) groups excluding carboxylic acids is 1. The smallest absolute Gasteiger partial charge is 0.160 e. The third-order valence-corrected chi connectivity index (χ3v) is 25.5. The van der Waals surface area contributed by atoms with Gasteiger partial charge in [-0.1, -0.05) is 206 Å². The number of hydrogen-bond donors (Lipinski definition) is 0. The maximum absolute atomic E-state index is 11.6. The van der Waals surface area contributed by atoms with Crippen molar-refractivity contribution in [3.8, 4) is 5.75 Å². The minimum atomic E-state index is 0.0449. The van der Waals surface area contributed by atoms with E-state index in [-0.39, 0.29) is 32.9 Å². The number of benzene rings is 4. The molecule has 0 N–H and O–H groups in total. The van der Waals surface area contributed by atoms with Crippen LogP contribution in [0.1, 0.15) is 283 Å². The summed E-state index contributed by atoms with van der Waals surface area (Å²) in [4.78, 5) is 86.7. The Bertz CT molecular complexity index is 7700. The van der Waals surface area contributed by atoms with Gasteiger partial charge in [0.1, 0.15) is 89.2 Å². The van der Waals surface area contributed by atoms with Gasteiger partial charge in [-0.25, -0.2) is 68.2 Å². The zero-order chi connectivity index (χ0) is 103. The number of hydrogen-bond acceptors (Lipinski definition) is 24. The number of aryl methyl sites for hydroxylation is 5. The quantitative estimate of drug-likeness (QED) is 0.121. The van der Waals surface area contributed by atoms with Crippen molar-refractivity contribution in [3.63, 3.8) is 0 Å². The van der Waals surface area contributed by atoms with Gasteiger partial charge in [0.25, 0.3) is 0 Å². The molecular weight excluding hydrogens is 1820 g/mol. The van der Waals surface area contributed by atoms with Crippen molar-refractivity contribution in [1.29, 1.82) is 0 Å². The lowest BCUT2D eigenvalue weighted by Gasteiger charge is -2.14. The summed E-state index contributed by atoms with van der Waals surface area (Å²) in [6, 6.07) is 46.0. The Balaban J connectivity index is 0.000000113. The fraction of sp³-hybridized carbons (Fsp3) is 0.336. The number of imidazole rings is 9. The first-order valence-corrected chi connectivity index (χ1v) is 49.2. The molecule has 746 valence electrons. The number of pyridine rings is 2. The molecule has 0 saturated carbocycles. The van der Waals surface area contributed by atoms with Crippen LogP contribution >= 0.6 is 0 Å². The van der Waals surface area contributed by atoms with E-state index in [9.17, 15) is 4.79 Å². The van der Waals surface area contributed by atoms with Crippen LogP contribution in [0.2, 0.25) is 0 Å². The number of para-hydroxylation sites is 1. The summed E-state index contributed by atoms with van der Waals surface area (Å²) in [6.07, 6.45) is 30.1. The van der Waals surface area contributed by atoms with Crippen LogP contribution in [-0.4, -0.2) is 171 Å². The number of ether oxygens (including phenoxy) is 1. The van der Waals surface area contributed by atoms with Crippen LogP contribution in [0.15, 0.2) is 272 Å². The van der Waals surface area contributed by atoms with Gasteiger partial charge in [-0.2, -0.15) is 25.5 Å². The number of carbonyl (C=O) groups is 1. The van der Waals surface area contributed by atoms with Gasteiger partial charge < -0.3 is 4.74 Å². The van der Waals surface area contributed by atoms with Gasteiger partial charge in [0.15, 0.2) is 5.78 Å². The molecular formula is C113H127N31O2. The second-order valence-electron chi connectivity index (χ2n) is 42.0. The molecule has 12 aromatic heterocycles.